The van der Waals surface area contributed by atoms with Gasteiger partial charge in [0, 0.05) is 18.5 Å². The van der Waals surface area contributed by atoms with E-state index in [2.05, 4.69) is 13.8 Å². The number of rotatable bonds is 5. The van der Waals surface area contributed by atoms with E-state index in [0.29, 0.717) is 18.9 Å². The first kappa shape index (κ1) is 14.5. The lowest BCUT2D eigenvalue weighted by molar-refractivity contribution is 0.0992. The topological polar surface area (TPSA) is 43.1 Å². The van der Waals surface area contributed by atoms with Crippen molar-refractivity contribution < 1.29 is 4.79 Å². The van der Waals surface area contributed by atoms with Gasteiger partial charge in [0.15, 0.2) is 5.78 Å². The predicted octanol–water partition coefficient (Wildman–Crippen LogP) is 3.69. The number of benzene rings is 2. The molecule has 0 atom stereocenters. The lowest BCUT2D eigenvalue weighted by Crippen LogP contribution is -2.08. The Morgan fingerprint density at radius 1 is 1.00 bits per heavy atom. The summed E-state index contributed by atoms with van der Waals surface area (Å²) in [7, 11) is 0. The molecule has 0 saturated heterocycles. The molecule has 0 aliphatic carbocycles. The van der Waals surface area contributed by atoms with Gasteiger partial charge in [0.2, 0.25) is 0 Å². The van der Waals surface area contributed by atoms with Crippen molar-refractivity contribution >= 4 is 5.78 Å². The molecule has 20 heavy (non-hydrogen) atoms. The van der Waals surface area contributed by atoms with Crippen LogP contribution in [0.2, 0.25) is 0 Å². The standard InChI is InChI=1S/C18H21NO/c1-13(2)14-7-9-15(10-8-14)18(20)11-16-5-3-4-6-17(16)12-19/h3-10,13H,11-12,19H2,1-2H3. The second-order valence-corrected chi connectivity index (χ2v) is 5.35. The lowest BCUT2D eigenvalue weighted by atomic mass is 9.96. The second kappa shape index (κ2) is 6.49. The molecule has 0 fully saturated rings. The molecule has 104 valence electrons. The summed E-state index contributed by atoms with van der Waals surface area (Å²) in [5.74, 6) is 0.623. The van der Waals surface area contributed by atoms with Crippen molar-refractivity contribution in [1.82, 2.24) is 0 Å². The van der Waals surface area contributed by atoms with E-state index in [-0.39, 0.29) is 5.78 Å². The molecule has 2 aromatic rings. The third kappa shape index (κ3) is 3.34. The van der Waals surface area contributed by atoms with Gasteiger partial charge < -0.3 is 5.73 Å². The fourth-order valence-electron chi connectivity index (χ4n) is 2.26. The third-order valence-corrected chi connectivity index (χ3v) is 3.59. The smallest absolute Gasteiger partial charge is 0.167 e. The maximum atomic E-state index is 12.3. The van der Waals surface area contributed by atoms with Crippen LogP contribution >= 0.6 is 0 Å². The average Bonchev–Trinajstić information content (AvgIpc) is 2.48. The van der Waals surface area contributed by atoms with Gasteiger partial charge in [0.25, 0.3) is 0 Å². The molecule has 2 N–H and O–H groups in total. The normalized spacial score (nSPS) is 10.8. The fourth-order valence-corrected chi connectivity index (χ4v) is 2.26. The number of hydrogen-bond acceptors (Lipinski definition) is 2. The van der Waals surface area contributed by atoms with Crippen LogP contribution in [0, 0.1) is 0 Å². The van der Waals surface area contributed by atoms with E-state index < -0.39 is 0 Å². The van der Waals surface area contributed by atoms with Gasteiger partial charge >= 0.3 is 0 Å². The Hall–Kier alpha value is -1.93. The largest absolute Gasteiger partial charge is 0.326 e. The van der Waals surface area contributed by atoms with Crippen LogP contribution in [0.15, 0.2) is 48.5 Å². The monoisotopic (exact) mass is 267 g/mol. The highest BCUT2D eigenvalue weighted by molar-refractivity contribution is 5.97. The van der Waals surface area contributed by atoms with E-state index in [1.54, 1.807) is 0 Å². The molecular formula is C18H21NO. The first-order valence-corrected chi connectivity index (χ1v) is 7.02. The molecule has 0 radical (unpaired) electrons. The highest BCUT2D eigenvalue weighted by Crippen LogP contribution is 2.17. The molecule has 0 unspecified atom stereocenters. The molecule has 2 rings (SSSR count). The van der Waals surface area contributed by atoms with Crippen molar-refractivity contribution in [3.63, 3.8) is 0 Å². The second-order valence-electron chi connectivity index (χ2n) is 5.35. The maximum absolute atomic E-state index is 12.3. The van der Waals surface area contributed by atoms with Gasteiger partial charge in [-0.25, -0.2) is 0 Å². The zero-order chi connectivity index (χ0) is 14.5. The minimum Gasteiger partial charge on any atom is -0.326 e. The Kier molecular flexibility index (Phi) is 4.70. The number of carbonyl (C=O) groups excluding carboxylic acids is 1. The van der Waals surface area contributed by atoms with Crippen LogP contribution in [0.25, 0.3) is 0 Å². The first-order valence-electron chi connectivity index (χ1n) is 7.02. The summed E-state index contributed by atoms with van der Waals surface area (Å²) in [6, 6.07) is 15.8. The van der Waals surface area contributed by atoms with Crippen molar-refractivity contribution in [3.05, 3.63) is 70.8 Å². The summed E-state index contributed by atoms with van der Waals surface area (Å²) >= 11 is 0. The molecule has 2 aromatic carbocycles. The van der Waals surface area contributed by atoms with Gasteiger partial charge in [0.05, 0.1) is 0 Å². The zero-order valence-corrected chi connectivity index (χ0v) is 12.1. The SMILES string of the molecule is CC(C)c1ccc(C(=O)Cc2ccccc2CN)cc1. The van der Waals surface area contributed by atoms with Crippen molar-refractivity contribution in [1.29, 1.82) is 0 Å². The Balaban J connectivity index is 2.15. The molecule has 0 spiro atoms. The van der Waals surface area contributed by atoms with Crippen LogP contribution in [0.3, 0.4) is 0 Å². The van der Waals surface area contributed by atoms with Crippen LogP contribution < -0.4 is 5.73 Å². The summed E-state index contributed by atoms with van der Waals surface area (Å²) in [4.78, 5) is 12.3. The molecule has 0 saturated carbocycles. The number of hydrogen-bond donors (Lipinski definition) is 1. The van der Waals surface area contributed by atoms with Crippen LogP contribution in [0.1, 0.15) is 46.8 Å². The first-order chi connectivity index (χ1) is 9.61. The molecule has 0 bridgehead atoms. The quantitative estimate of drug-likeness (QED) is 0.839. The van der Waals surface area contributed by atoms with E-state index >= 15 is 0 Å². The average molecular weight is 267 g/mol. The van der Waals surface area contributed by atoms with E-state index in [1.807, 2.05) is 48.5 Å². The minimum absolute atomic E-state index is 0.140. The number of nitrogens with two attached hydrogens (primary N) is 1. The van der Waals surface area contributed by atoms with Crippen LogP contribution in [-0.4, -0.2) is 5.78 Å². The summed E-state index contributed by atoms with van der Waals surface area (Å²) < 4.78 is 0. The Bertz CT molecular complexity index is 585. The maximum Gasteiger partial charge on any atom is 0.167 e. The molecule has 2 nitrogen and oxygen atoms in total. The van der Waals surface area contributed by atoms with Gasteiger partial charge in [-0.2, -0.15) is 0 Å². The molecule has 2 heteroatoms. The van der Waals surface area contributed by atoms with Crippen molar-refractivity contribution in [2.75, 3.05) is 0 Å². The van der Waals surface area contributed by atoms with Crippen LogP contribution in [0.4, 0.5) is 0 Å². The van der Waals surface area contributed by atoms with Gasteiger partial charge in [-0.15, -0.1) is 0 Å². The van der Waals surface area contributed by atoms with Crippen molar-refractivity contribution in [3.8, 4) is 0 Å². The summed E-state index contributed by atoms with van der Waals surface area (Å²) in [6.07, 6.45) is 0.411. The van der Waals surface area contributed by atoms with Gasteiger partial charge in [-0.1, -0.05) is 62.4 Å². The van der Waals surface area contributed by atoms with Crippen LogP contribution in [0.5, 0.6) is 0 Å². The van der Waals surface area contributed by atoms with E-state index in [1.165, 1.54) is 5.56 Å². The Labute approximate surface area is 120 Å². The number of ketones is 1. The molecular weight excluding hydrogens is 246 g/mol. The van der Waals surface area contributed by atoms with Crippen LogP contribution in [-0.2, 0) is 13.0 Å². The molecule has 0 amide bonds. The molecule has 0 aromatic heterocycles. The van der Waals surface area contributed by atoms with Crippen molar-refractivity contribution in [2.24, 2.45) is 5.73 Å². The summed E-state index contributed by atoms with van der Waals surface area (Å²) in [5, 5.41) is 0. The van der Waals surface area contributed by atoms with Crippen molar-refractivity contribution in [2.45, 2.75) is 32.7 Å². The Morgan fingerprint density at radius 3 is 2.15 bits per heavy atom. The minimum atomic E-state index is 0.140. The molecule has 0 aliphatic heterocycles. The summed E-state index contributed by atoms with van der Waals surface area (Å²) in [5.41, 5.74) is 9.79. The lowest BCUT2D eigenvalue weighted by Gasteiger charge is -2.08. The number of Topliss-reactive ketones (excluding diaryl/α,β-unsaturated/α-hetero) is 1. The highest BCUT2D eigenvalue weighted by atomic mass is 16.1. The molecule has 0 aliphatic rings. The summed E-state index contributed by atoms with van der Waals surface area (Å²) in [6.45, 7) is 4.76. The highest BCUT2D eigenvalue weighted by Gasteiger charge is 2.10. The zero-order valence-electron chi connectivity index (χ0n) is 12.1. The van der Waals surface area contributed by atoms with E-state index in [0.717, 1.165) is 16.7 Å². The van der Waals surface area contributed by atoms with Gasteiger partial charge in [0.1, 0.15) is 0 Å². The Morgan fingerprint density at radius 2 is 1.60 bits per heavy atom. The molecule has 0 heterocycles. The van der Waals surface area contributed by atoms with E-state index in [4.69, 9.17) is 5.73 Å². The van der Waals surface area contributed by atoms with Gasteiger partial charge in [-0.3, -0.25) is 4.79 Å². The predicted molar refractivity (Wildman–Crippen MR) is 82.9 cm³/mol. The third-order valence-electron chi connectivity index (χ3n) is 3.59. The number of carbonyl (C=O) groups is 1. The fraction of sp³-hybridized carbons (Fsp3) is 0.278. The van der Waals surface area contributed by atoms with Gasteiger partial charge in [-0.05, 0) is 22.6 Å². The van der Waals surface area contributed by atoms with E-state index in [9.17, 15) is 4.79 Å².